The molecule has 7 nitrogen and oxygen atoms in total. The average molecular weight is 505 g/mol. The third kappa shape index (κ3) is 6.71. The van der Waals surface area contributed by atoms with Gasteiger partial charge in [-0.1, -0.05) is 32.0 Å². The number of halogens is 1. The maximum atomic E-state index is 14.0. The van der Waals surface area contributed by atoms with E-state index >= 15 is 0 Å². The number of anilines is 2. The van der Waals surface area contributed by atoms with Gasteiger partial charge in [0.1, 0.15) is 5.82 Å². The van der Waals surface area contributed by atoms with Crippen molar-refractivity contribution in [3.8, 4) is 0 Å². The van der Waals surface area contributed by atoms with Crippen LogP contribution in [0.2, 0.25) is 0 Å². The van der Waals surface area contributed by atoms with Gasteiger partial charge in [-0.15, -0.1) is 0 Å². The molecule has 4 rings (SSSR count). The zero-order chi connectivity index (χ0) is 26.4. The molecule has 37 heavy (non-hydrogen) atoms. The lowest BCUT2D eigenvalue weighted by molar-refractivity contribution is 0.108. The first kappa shape index (κ1) is 26.7. The largest absolute Gasteiger partial charge is 0.404 e. The van der Waals surface area contributed by atoms with Gasteiger partial charge in [0, 0.05) is 62.9 Å². The Morgan fingerprint density at radius 2 is 1.89 bits per heavy atom. The number of aryl methyl sites for hydroxylation is 1. The number of nitrogens with two attached hydrogens (primary N) is 1. The summed E-state index contributed by atoms with van der Waals surface area (Å²) in [4.78, 5) is 14.0. The smallest absolute Gasteiger partial charge is 0.227 e. The molecule has 0 saturated carbocycles. The number of hydrogen-bond donors (Lipinski definition) is 3. The molecule has 4 N–H and O–H groups in total. The van der Waals surface area contributed by atoms with Gasteiger partial charge in [-0.05, 0) is 59.4 Å². The minimum Gasteiger partial charge on any atom is -0.404 e. The molecule has 1 fully saturated rings. The number of benzene rings is 2. The zero-order valence-electron chi connectivity index (χ0n) is 21.9. The maximum absolute atomic E-state index is 14.0. The number of nitrogens with one attached hydrogen (secondary N) is 1. The van der Waals surface area contributed by atoms with E-state index in [1.807, 2.05) is 32.9 Å². The predicted octanol–water partition coefficient (Wildman–Crippen LogP) is 4.25. The van der Waals surface area contributed by atoms with Crippen LogP contribution < -0.4 is 11.1 Å². The van der Waals surface area contributed by atoms with E-state index in [0.717, 1.165) is 67.2 Å². The van der Waals surface area contributed by atoms with Gasteiger partial charge in [-0.2, -0.15) is 0 Å². The first-order valence-corrected chi connectivity index (χ1v) is 12.8. The van der Waals surface area contributed by atoms with Gasteiger partial charge in [0.15, 0.2) is 0 Å². The van der Waals surface area contributed by atoms with Gasteiger partial charge in [0.2, 0.25) is 5.95 Å². The third-order valence-electron chi connectivity index (χ3n) is 6.79. The average Bonchev–Trinajstić information content (AvgIpc) is 2.88. The Hall–Kier alpha value is -3.33. The van der Waals surface area contributed by atoms with Crippen LogP contribution in [0.4, 0.5) is 16.0 Å². The minimum absolute atomic E-state index is 0.126. The summed E-state index contributed by atoms with van der Waals surface area (Å²) in [5, 5.41) is 12.5. The fourth-order valence-corrected chi connectivity index (χ4v) is 4.77. The number of aromatic nitrogens is 2. The number of piperazine rings is 1. The highest BCUT2D eigenvalue weighted by atomic mass is 19.1. The molecule has 0 spiro atoms. The van der Waals surface area contributed by atoms with E-state index in [2.05, 4.69) is 32.2 Å². The van der Waals surface area contributed by atoms with Gasteiger partial charge >= 0.3 is 0 Å². The van der Waals surface area contributed by atoms with Crippen LogP contribution in [0.5, 0.6) is 0 Å². The van der Waals surface area contributed by atoms with E-state index in [4.69, 9.17) is 15.8 Å². The first-order valence-electron chi connectivity index (χ1n) is 12.8. The van der Waals surface area contributed by atoms with Crippen molar-refractivity contribution in [1.29, 1.82) is 0 Å². The SMILES string of the molecule is Cc1cnc(Nc2cccc(CN3CCN(CCO)CC3)c2)nc1/C(=C/N)c1ccc(F)cc1C(C)C. The van der Waals surface area contributed by atoms with Crippen molar-refractivity contribution in [2.24, 2.45) is 5.73 Å². The second kappa shape index (κ2) is 12.3. The summed E-state index contributed by atoms with van der Waals surface area (Å²) >= 11 is 0. The highest BCUT2D eigenvalue weighted by molar-refractivity contribution is 5.81. The number of aliphatic hydroxyl groups excluding tert-OH is 1. The number of rotatable bonds is 9. The number of nitrogens with zero attached hydrogens (tertiary/aromatic N) is 4. The van der Waals surface area contributed by atoms with Crippen molar-refractivity contribution in [3.63, 3.8) is 0 Å². The van der Waals surface area contributed by atoms with Crippen molar-refractivity contribution in [3.05, 3.63) is 88.6 Å². The highest BCUT2D eigenvalue weighted by Crippen LogP contribution is 2.31. The van der Waals surface area contributed by atoms with E-state index in [1.165, 1.54) is 11.6 Å². The Bertz CT molecular complexity index is 1240. The summed E-state index contributed by atoms with van der Waals surface area (Å²) in [6.45, 7) is 11.8. The topological polar surface area (TPSA) is 90.5 Å². The monoisotopic (exact) mass is 504 g/mol. The summed E-state index contributed by atoms with van der Waals surface area (Å²) in [5.74, 6) is 0.334. The van der Waals surface area contributed by atoms with Crippen LogP contribution in [0.15, 0.2) is 54.9 Å². The molecule has 2 aromatic carbocycles. The molecule has 196 valence electrons. The lowest BCUT2D eigenvalue weighted by Gasteiger charge is -2.34. The Kier molecular flexibility index (Phi) is 8.87. The van der Waals surface area contributed by atoms with Crippen LogP contribution in [0, 0.1) is 12.7 Å². The van der Waals surface area contributed by atoms with Gasteiger partial charge in [-0.3, -0.25) is 9.80 Å². The third-order valence-corrected chi connectivity index (χ3v) is 6.79. The molecular weight excluding hydrogens is 467 g/mol. The first-order chi connectivity index (χ1) is 17.9. The number of hydrogen-bond acceptors (Lipinski definition) is 7. The van der Waals surface area contributed by atoms with Gasteiger partial charge < -0.3 is 16.2 Å². The van der Waals surface area contributed by atoms with Crippen LogP contribution in [0.3, 0.4) is 0 Å². The van der Waals surface area contributed by atoms with Gasteiger partial charge in [-0.25, -0.2) is 14.4 Å². The molecule has 0 unspecified atom stereocenters. The molecule has 0 atom stereocenters. The fourth-order valence-electron chi connectivity index (χ4n) is 4.77. The van der Waals surface area contributed by atoms with E-state index in [0.29, 0.717) is 11.6 Å². The van der Waals surface area contributed by atoms with Crippen LogP contribution in [-0.4, -0.2) is 64.2 Å². The molecule has 1 aliphatic rings. The number of aliphatic hydroxyl groups is 1. The van der Waals surface area contributed by atoms with Crippen molar-refractivity contribution in [2.75, 3.05) is 44.6 Å². The normalized spacial score (nSPS) is 15.4. The van der Waals surface area contributed by atoms with Crippen molar-refractivity contribution in [1.82, 2.24) is 19.8 Å². The van der Waals surface area contributed by atoms with E-state index < -0.39 is 0 Å². The quantitative estimate of drug-likeness (QED) is 0.401. The fraction of sp³-hybridized carbons (Fsp3) is 0.379. The molecule has 0 bridgehead atoms. The zero-order valence-corrected chi connectivity index (χ0v) is 21.9. The minimum atomic E-state index is -0.266. The Balaban J connectivity index is 1.52. The standard InChI is InChI=1S/C29H37FN6O/c1-20(2)26-16-23(30)7-8-25(26)27(17-31)28-21(3)18-32-29(34-28)33-24-6-4-5-22(15-24)19-36-11-9-35(10-12-36)13-14-37/h4-8,15-18,20,37H,9-14,19,31H2,1-3H3,(H,32,33,34)/b27-17+. The molecule has 8 heteroatoms. The van der Waals surface area contributed by atoms with Crippen LogP contribution >= 0.6 is 0 Å². The molecule has 3 aromatic rings. The van der Waals surface area contributed by atoms with E-state index in [-0.39, 0.29) is 18.3 Å². The molecule has 0 radical (unpaired) electrons. The lowest BCUT2D eigenvalue weighted by atomic mass is 9.90. The van der Waals surface area contributed by atoms with Gasteiger partial charge in [0.05, 0.1) is 12.3 Å². The summed E-state index contributed by atoms with van der Waals surface area (Å²) in [6.07, 6.45) is 3.32. The van der Waals surface area contributed by atoms with E-state index in [9.17, 15) is 4.39 Å². The van der Waals surface area contributed by atoms with Crippen LogP contribution in [0.1, 0.15) is 47.7 Å². The Labute approximate surface area is 218 Å². The maximum Gasteiger partial charge on any atom is 0.227 e. The van der Waals surface area contributed by atoms with Crippen LogP contribution in [0.25, 0.3) is 5.57 Å². The summed E-state index contributed by atoms with van der Waals surface area (Å²) < 4.78 is 14.0. The second-order valence-electron chi connectivity index (χ2n) is 9.86. The molecule has 0 amide bonds. The summed E-state index contributed by atoms with van der Waals surface area (Å²) in [7, 11) is 0. The van der Waals surface area contributed by atoms with E-state index in [1.54, 1.807) is 24.5 Å². The molecule has 0 aliphatic carbocycles. The molecule has 1 aliphatic heterocycles. The Morgan fingerprint density at radius 3 is 2.59 bits per heavy atom. The van der Waals surface area contributed by atoms with Crippen molar-refractivity contribution < 1.29 is 9.50 Å². The van der Waals surface area contributed by atoms with Crippen molar-refractivity contribution >= 4 is 17.2 Å². The van der Waals surface area contributed by atoms with Crippen molar-refractivity contribution in [2.45, 2.75) is 33.2 Å². The lowest BCUT2D eigenvalue weighted by Crippen LogP contribution is -2.46. The molecule has 2 heterocycles. The summed E-state index contributed by atoms with van der Waals surface area (Å²) in [6, 6.07) is 13.1. The highest BCUT2D eigenvalue weighted by Gasteiger charge is 2.18. The number of β-amino-alcohol motifs (C(OH)–C–C–N with tert-alkyl or cyclic N) is 1. The summed E-state index contributed by atoms with van der Waals surface area (Å²) in [5.41, 5.74) is 12.3. The second-order valence-corrected chi connectivity index (χ2v) is 9.86. The van der Waals surface area contributed by atoms with Crippen LogP contribution in [-0.2, 0) is 6.54 Å². The Morgan fingerprint density at radius 1 is 1.14 bits per heavy atom. The molecular formula is C29H37FN6O. The molecule has 1 aromatic heterocycles. The molecule has 1 saturated heterocycles. The predicted molar refractivity (Wildman–Crippen MR) is 147 cm³/mol. The van der Waals surface area contributed by atoms with Gasteiger partial charge in [0.25, 0.3) is 0 Å².